The average molecular weight is 251 g/mol. The third-order valence-electron chi connectivity index (χ3n) is 2.38. The van der Waals surface area contributed by atoms with Crippen molar-refractivity contribution in [2.45, 2.75) is 13.0 Å². The van der Waals surface area contributed by atoms with Crippen LogP contribution in [0.4, 0.5) is 0 Å². The molecule has 0 saturated carbocycles. The first kappa shape index (κ1) is 12.4. The van der Waals surface area contributed by atoms with Gasteiger partial charge in [-0.25, -0.2) is 0 Å². The second-order valence-electron chi connectivity index (χ2n) is 3.70. The molecule has 0 amide bonds. The van der Waals surface area contributed by atoms with Crippen molar-refractivity contribution in [3.63, 3.8) is 0 Å². The highest BCUT2D eigenvalue weighted by Gasteiger charge is 1.95. The average Bonchev–Trinajstić information content (AvgIpc) is 3.00. The largest absolute Gasteiger partial charge is 0.468 e. The number of nitrogens with one attached hydrogen (secondary N) is 1. The summed E-state index contributed by atoms with van der Waals surface area (Å²) in [5, 5.41) is 5.36. The lowest BCUT2D eigenvalue weighted by Crippen LogP contribution is -2.19. The summed E-state index contributed by atoms with van der Waals surface area (Å²) in [4.78, 5) is 1.38. The van der Waals surface area contributed by atoms with Gasteiger partial charge in [0.2, 0.25) is 0 Å². The molecule has 0 aromatic carbocycles. The first-order chi connectivity index (χ1) is 8.45. The van der Waals surface area contributed by atoms with Crippen molar-refractivity contribution in [2.24, 2.45) is 0 Å². The van der Waals surface area contributed by atoms with Crippen LogP contribution in [0, 0.1) is 0 Å². The number of hydrogen-bond acceptors (Lipinski definition) is 4. The Morgan fingerprint density at radius 1 is 1.24 bits per heavy atom. The second-order valence-corrected chi connectivity index (χ2v) is 4.73. The molecule has 4 heteroatoms. The Morgan fingerprint density at radius 2 is 2.24 bits per heavy atom. The van der Waals surface area contributed by atoms with Crippen molar-refractivity contribution < 1.29 is 9.15 Å². The normalized spacial score (nSPS) is 10.8. The van der Waals surface area contributed by atoms with Crippen molar-refractivity contribution in [3.8, 4) is 0 Å². The van der Waals surface area contributed by atoms with Crippen LogP contribution in [0.25, 0.3) is 0 Å². The van der Waals surface area contributed by atoms with E-state index in [1.54, 1.807) is 17.6 Å². The molecule has 0 fully saturated rings. The molecule has 0 radical (unpaired) electrons. The molecule has 2 aromatic rings. The minimum atomic E-state index is 0.742. The van der Waals surface area contributed by atoms with Gasteiger partial charge in [-0.05, 0) is 23.6 Å². The Balaban J connectivity index is 1.44. The number of furan rings is 1. The summed E-state index contributed by atoms with van der Waals surface area (Å²) in [5.74, 6) is 0.962. The van der Waals surface area contributed by atoms with Crippen LogP contribution in [-0.2, 0) is 17.7 Å². The van der Waals surface area contributed by atoms with Crippen LogP contribution in [0.15, 0.2) is 40.3 Å². The predicted octanol–water partition coefficient (Wildman–Crippen LogP) is 2.69. The summed E-state index contributed by atoms with van der Waals surface area (Å²) in [6.45, 7) is 3.15. The lowest BCUT2D eigenvalue weighted by atomic mass is 10.4. The maximum absolute atomic E-state index is 5.54. The summed E-state index contributed by atoms with van der Waals surface area (Å²) in [7, 11) is 0. The summed E-state index contributed by atoms with van der Waals surface area (Å²) < 4.78 is 10.7. The Morgan fingerprint density at radius 3 is 3.00 bits per heavy atom. The topological polar surface area (TPSA) is 34.4 Å². The molecule has 0 unspecified atom stereocenters. The van der Waals surface area contributed by atoms with Crippen LogP contribution >= 0.6 is 11.3 Å². The molecular weight excluding hydrogens is 234 g/mol. The van der Waals surface area contributed by atoms with Gasteiger partial charge in [-0.3, -0.25) is 0 Å². The highest BCUT2D eigenvalue weighted by molar-refractivity contribution is 7.09. The Bertz CT molecular complexity index is 345. The molecule has 0 atom stereocenters. The fourth-order valence-electron chi connectivity index (χ4n) is 1.50. The summed E-state index contributed by atoms with van der Waals surface area (Å²) in [6.07, 6.45) is 2.70. The maximum Gasteiger partial charge on any atom is 0.117 e. The predicted molar refractivity (Wildman–Crippen MR) is 69.3 cm³/mol. The SMILES string of the molecule is c1coc(CNCCOCCc2cccs2)c1. The van der Waals surface area contributed by atoms with Gasteiger partial charge in [0.15, 0.2) is 0 Å². The van der Waals surface area contributed by atoms with E-state index in [2.05, 4.69) is 22.8 Å². The van der Waals surface area contributed by atoms with Gasteiger partial charge in [-0.1, -0.05) is 6.07 Å². The fourth-order valence-corrected chi connectivity index (χ4v) is 2.19. The second kappa shape index (κ2) is 7.27. The molecule has 1 N–H and O–H groups in total. The maximum atomic E-state index is 5.54. The van der Waals surface area contributed by atoms with Crippen molar-refractivity contribution >= 4 is 11.3 Å². The van der Waals surface area contributed by atoms with Crippen LogP contribution in [0.1, 0.15) is 10.6 Å². The highest BCUT2D eigenvalue weighted by atomic mass is 32.1. The minimum Gasteiger partial charge on any atom is -0.468 e. The van der Waals surface area contributed by atoms with E-state index in [4.69, 9.17) is 9.15 Å². The molecule has 0 aliphatic heterocycles. The van der Waals surface area contributed by atoms with E-state index < -0.39 is 0 Å². The third kappa shape index (κ3) is 4.73. The van der Waals surface area contributed by atoms with Gasteiger partial charge in [-0.15, -0.1) is 11.3 Å². The van der Waals surface area contributed by atoms with Crippen molar-refractivity contribution in [1.29, 1.82) is 0 Å². The standard InChI is InChI=1S/C13H17NO2S/c1-3-12(16-7-1)11-14-6-9-15-8-5-13-4-2-10-17-13/h1-4,7,10,14H,5-6,8-9,11H2. The monoisotopic (exact) mass is 251 g/mol. The van der Waals surface area contributed by atoms with Gasteiger partial charge in [0.25, 0.3) is 0 Å². The minimum absolute atomic E-state index is 0.742. The third-order valence-corrected chi connectivity index (χ3v) is 3.31. The Labute approximate surface area is 105 Å². The fraction of sp³-hybridized carbons (Fsp3) is 0.385. The van der Waals surface area contributed by atoms with E-state index in [-0.39, 0.29) is 0 Å². The van der Waals surface area contributed by atoms with Gasteiger partial charge in [0.1, 0.15) is 5.76 Å². The molecule has 2 rings (SSSR count). The van der Waals surface area contributed by atoms with E-state index in [1.165, 1.54) is 4.88 Å². The molecule has 0 spiro atoms. The molecule has 0 aliphatic rings. The van der Waals surface area contributed by atoms with E-state index in [0.717, 1.165) is 38.5 Å². The van der Waals surface area contributed by atoms with Crippen LogP contribution in [0.3, 0.4) is 0 Å². The molecule has 3 nitrogen and oxygen atoms in total. The number of rotatable bonds is 8. The molecule has 0 saturated heterocycles. The van der Waals surface area contributed by atoms with Crippen LogP contribution < -0.4 is 5.32 Å². The van der Waals surface area contributed by atoms with Crippen molar-refractivity contribution in [1.82, 2.24) is 5.32 Å². The van der Waals surface area contributed by atoms with Gasteiger partial charge in [0, 0.05) is 17.8 Å². The smallest absolute Gasteiger partial charge is 0.117 e. The van der Waals surface area contributed by atoms with Crippen LogP contribution in [-0.4, -0.2) is 19.8 Å². The molecular formula is C13H17NO2S. The first-order valence-corrected chi connectivity index (χ1v) is 6.66. The lowest BCUT2D eigenvalue weighted by molar-refractivity contribution is 0.139. The molecule has 0 bridgehead atoms. The zero-order chi connectivity index (χ0) is 11.8. The molecule has 0 aliphatic carbocycles. The zero-order valence-electron chi connectivity index (χ0n) is 9.72. The van der Waals surface area contributed by atoms with E-state index >= 15 is 0 Å². The summed E-state index contributed by atoms with van der Waals surface area (Å²) in [6, 6.07) is 8.08. The Hall–Kier alpha value is -1.10. The Kier molecular flexibility index (Phi) is 5.29. The summed E-state index contributed by atoms with van der Waals surface area (Å²) in [5.41, 5.74) is 0. The van der Waals surface area contributed by atoms with E-state index in [0.29, 0.717) is 0 Å². The van der Waals surface area contributed by atoms with E-state index in [9.17, 15) is 0 Å². The van der Waals surface area contributed by atoms with Crippen LogP contribution in [0.5, 0.6) is 0 Å². The van der Waals surface area contributed by atoms with Crippen molar-refractivity contribution in [3.05, 3.63) is 46.5 Å². The number of ether oxygens (including phenoxy) is 1. The van der Waals surface area contributed by atoms with E-state index in [1.807, 2.05) is 12.1 Å². The molecule has 92 valence electrons. The highest BCUT2D eigenvalue weighted by Crippen LogP contribution is 2.08. The zero-order valence-corrected chi connectivity index (χ0v) is 10.5. The van der Waals surface area contributed by atoms with Crippen LogP contribution in [0.2, 0.25) is 0 Å². The van der Waals surface area contributed by atoms with Crippen molar-refractivity contribution in [2.75, 3.05) is 19.8 Å². The molecule has 17 heavy (non-hydrogen) atoms. The first-order valence-electron chi connectivity index (χ1n) is 5.78. The molecule has 2 heterocycles. The van der Waals surface area contributed by atoms with Gasteiger partial charge >= 0.3 is 0 Å². The quantitative estimate of drug-likeness (QED) is 0.732. The molecule has 2 aromatic heterocycles. The van der Waals surface area contributed by atoms with Gasteiger partial charge in [0.05, 0.1) is 26.0 Å². The summed E-state index contributed by atoms with van der Waals surface area (Å²) >= 11 is 1.78. The number of hydrogen-bond donors (Lipinski definition) is 1. The van der Waals surface area contributed by atoms with Gasteiger partial charge < -0.3 is 14.5 Å². The lowest BCUT2D eigenvalue weighted by Gasteiger charge is -2.04. The number of thiophene rings is 1. The van der Waals surface area contributed by atoms with Gasteiger partial charge in [-0.2, -0.15) is 0 Å².